The SMILES string of the molecule is CCOC(=O)/C=C1\CC2(CCN(C(=O)OC(C)(C)C)CC2)c2ccccc21. The van der Waals surface area contributed by atoms with Gasteiger partial charge in [-0.25, -0.2) is 9.59 Å². The lowest BCUT2D eigenvalue weighted by Crippen LogP contribution is -2.46. The summed E-state index contributed by atoms with van der Waals surface area (Å²) in [6, 6.07) is 8.29. The second kappa shape index (κ2) is 7.37. The minimum atomic E-state index is -0.484. The first-order valence-electron chi connectivity index (χ1n) is 9.69. The van der Waals surface area contributed by atoms with E-state index in [1.165, 1.54) is 5.56 Å². The Hall–Kier alpha value is -2.30. The molecule has 0 saturated carbocycles. The van der Waals surface area contributed by atoms with Crippen LogP contribution >= 0.6 is 0 Å². The highest BCUT2D eigenvalue weighted by Crippen LogP contribution is 2.51. The number of rotatable bonds is 2. The number of likely N-dealkylation sites (tertiary alicyclic amines) is 1. The summed E-state index contributed by atoms with van der Waals surface area (Å²) in [4.78, 5) is 26.2. The summed E-state index contributed by atoms with van der Waals surface area (Å²) in [6.07, 6.45) is 3.93. The molecule has 0 bridgehead atoms. The van der Waals surface area contributed by atoms with Gasteiger partial charge in [0.1, 0.15) is 5.60 Å². The smallest absolute Gasteiger partial charge is 0.410 e. The first-order valence-corrected chi connectivity index (χ1v) is 9.69. The molecule has 5 nitrogen and oxygen atoms in total. The lowest BCUT2D eigenvalue weighted by molar-refractivity contribution is -0.137. The number of amides is 1. The number of hydrogen-bond donors (Lipinski definition) is 0. The van der Waals surface area contributed by atoms with Gasteiger partial charge in [0.25, 0.3) is 0 Å². The molecule has 1 aromatic carbocycles. The number of carbonyl (C=O) groups is 2. The second-order valence-electron chi connectivity index (χ2n) is 8.39. The Bertz CT molecular complexity index is 752. The summed E-state index contributed by atoms with van der Waals surface area (Å²) in [5, 5.41) is 0. The Labute approximate surface area is 161 Å². The third-order valence-corrected chi connectivity index (χ3v) is 5.32. The van der Waals surface area contributed by atoms with Crippen LogP contribution in [0.4, 0.5) is 4.79 Å². The van der Waals surface area contributed by atoms with Gasteiger partial charge in [-0.2, -0.15) is 0 Å². The van der Waals surface area contributed by atoms with Crippen molar-refractivity contribution in [2.45, 2.75) is 58.0 Å². The highest BCUT2D eigenvalue weighted by Gasteiger charge is 2.44. The number of nitrogens with zero attached hydrogens (tertiary/aromatic N) is 1. The van der Waals surface area contributed by atoms with Gasteiger partial charge in [-0.05, 0) is 63.7 Å². The summed E-state index contributed by atoms with van der Waals surface area (Å²) < 4.78 is 10.6. The highest BCUT2D eigenvalue weighted by molar-refractivity contribution is 5.93. The molecule has 1 heterocycles. The van der Waals surface area contributed by atoms with E-state index in [2.05, 4.69) is 12.1 Å². The maximum absolute atomic E-state index is 12.4. The predicted molar refractivity (Wildman–Crippen MR) is 104 cm³/mol. The van der Waals surface area contributed by atoms with Crippen molar-refractivity contribution in [1.29, 1.82) is 0 Å². The highest BCUT2D eigenvalue weighted by atomic mass is 16.6. The van der Waals surface area contributed by atoms with E-state index in [0.717, 1.165) is 30.4 Å². The topological polar surface area (TPSA) is 55.8 Å². The second-order valence-corrected chi connectivity index (χ2v) is 8.39. The standard InChI is InChI=1S/C22H29NO4/c1-5-26-19(24)14-16-15-22(18-9-7-6-8-17(16)18)10-12-23(13-11-22)20(25)27-21(2,3)4/h6-9,14H,5,10-13,15H2,1-4H3/b16-14+. The van der Waals surface area contributed by atoms with Gasteiger partial charge in [0.2, 0.25) is 0 Å². The number of hydrogen-bond acceptors (Lipinski definition) is 4. The van der Waals surface area contributed by atoms with Gasteiger partial charge < -0.3 is 14.4 Å². The van der Waals surface area contributed by atoms with Crippen molar-refractivity contribution in [2.75, 3.05) is 19.7 Å². The molecule has 1 aliphatic carbocycles. The van der Waals surface area contributed by atoms with Crippen molar-refractivity contribution in [3.63, 3.8) is 0 Å². The Morgan fingerprint density at radius 2 is 1.85 bits per heavy atom. The van der Waals surface area contributed by atoms with E-state index in [0.29, 0.717) is 19.7 Å². The monoisotopic (exact) mass is 371 g/mol. The van der Waals surface area contributed by atoms with Gasteiger partial charge in [-0.15, -0.1) is 0 Å². The zero-order valence-corrected chi connectivity index (χ0v) is 16.7. The maximum Gasteiger partial charge on any atom is 0.410 e. The van der Waals surface area contributed by atoms with E-state index in [1.54, 1.807) is 11.0 Å². The zero-order valence-electron chi connectivity index (χ0n) is 16.7. The normalized spacial score (nSPS) is 19.9. The molecule has 1 saturated heterocycles. The summed E-state index contributed by atoms with van der Waals surface area (Å²) in [5.41, 5.74) is 2.95. The van der Waals surface area contributed by atoms with E-state index in [-0.39, 0.29) is 17.5 Å². The molecule has 27 heavy (non-hydrogen) atoms. The zero-order chi connectivity index (χ0) is 19.7. The van der Waals surface area contributed by atoms with Crippen LogP contribution < -0.4 is 0 Å². The van der Waals surface area contributed by atoms with E-state index in [9.17, 15) is 9.59 Å². The van der Waals surface area contributed by atoms with Crippen LogP contribution in [0.3, 0.4) is 0 Å². The van der Waals surface area contributed by atoms with Gasteiger partial charge in [0.05, 0.1) is 6.61 Å². The fraction of sp³-hybridized carbons (Fsp3) is 0.545. The molecule has 146 valence electrons. The summed E-state index contributed by atoms with van der Waals surface area (Å²) >= 11 is 0. The van der Waals surface area contributed by atoms with Crippen LogP contribution in [-0.2, 0) is 19.7 Å². The fourth-order valence-electron chi connectivity index (χ4n) is 4.13. The van der Waals surface area contributed by atoms with Crippen LogP contribution in [0.5, 0.6) is 0 Å². The molecule has 2 aliphatic rings. The lowest BCUT2D eigenvalue weighted by Gasteiger charge is -2.40. The number of benzene rings is 1. The molecule has 0 aromatic heterocycles. The number of carbonyl (C=O) groups excluding carboxylic acids is 2. The third-order valence-electron chi connectivity index (χ3n) is 5.32. The molecule has 0 N–H and O–H groups in total. The van der Waals surface area contributed by atoms with Gasteiger partial charge in [0.15, 0.2) is 0 Å². The average molecular weight is 371 g/mol. The molecule has 0 unspecified atom stereocenters. The summed E-state index contributed by atoms with van der Waals surface area (Å²) in [6.45, 7) is 9.17. The number of piperidine rings is 1. The van der Waals surface area contributed by atoms with Crippen molar-refractivity contribution in [2.24, 2.45) is 0 Å². The maximum atomic E-state index is 12.4. The molecule has 0 radical (unpaired) electrons. The molecule has 0 atom stereocenters. The third kappa shape index (κ3) is 4.18. The molecule has 3 rings (SSSR count). The summed E-state index contributed by atoms with van der Waals surface area (Å²) in [5.74, 6) is -0.287. The van der Waals surface area contributed by atoms with Crippen molar-refractivity contribution in [3.05, 3.63) is 41.5 Å². The van der Waals surface area contributed by atoms with Gasteiger partial charge in [-0.1, -0.05) is 24.3 Å². The minimum absolute atomic E-state index is 0.0204. The Kier molecular flexibility index (Phi) is 5.31. The number of ether oxygens (including phenoxy) is 2. The molecular weight excluding hydrogens is 342 g/mol. The Balaban J connectivity index is 1.78. The number of allylic oxidation sites excluding steroid dienone is 1. The summed E-state index contributed by atoms with van der Waals surface area (Å²) in [7, 11) is 0. The van der Waals surface area contributed by atoms with E-state index >= 15 is 0 Å². The molecule has 1 spiro atoms. The van der Waals surface area contributed by atoms with E-state index in [1.807, 2.05) is 39.8 Å². The van der Waals surface area contributed by atoms with Gasteiger partial charge in [-0.3, -0.25) is 0 Å². The molecular formula is C22H29NO4. The number of fused-ring (bicyclic) bond motifs is 2. The lowest BCUT2D eigenvalue weighted by atomic mass is 9.73. The van der Waals surface area contributed by atoms with Crippen LogP contribution in [0.25, 0.3) is 5.57 Å². The molecule has 1 amide bonds. The largest absolute Gasteiger partial charge is 0.463 e. The van der Waals surface area contributed by atoms with E-state index < -0.39 is 5.60 Å². The van der Waals surface area contributed by atoms with E-state index in [4.69, 9.17) is 9.47 Å². The fourth-order valence-corrected chi connectivity index (χ4v) is 4.13. The molecule has 1 fully saturated rings. The van der Waals surface area contributed by atoms with Crippen molar-refractivity contribution in [3.8, 4) is 0 Å². The Morgan fingerprint density at radius 1 is 1.19 bits per heavy atom. The van der Waals surface area contributed by atoms with Crippen molar-refractivity contribution < 1.29 is 19.1 Å². The van der Waals surface area contributed by atoms with Crippen LogP contribution in [-0.4, -0.2) is 42.3 Å². The molecule has 1 aliphatic heterocycles. The molecule has 1 aromatic rings. The van der Waals surface area contributed by atoms with Crippen LogP contribution in [0.2, 0.25) is 0 Å². The Morgan fingerprint density at radius 3 is 2.48 bits per heavy atom. The first kappa shape index (κ1) is 19.5. The van der Waals surface area contributed by atoms with Crippen LogP contribution in [0, 0.1) is 0 Å². The average Bonchev–Trinajstić information content (AvgIpc) is 2.88. The first-order chi connectivity index (χ1) is 12.7. The van der Waals surface area contributed by atoms with Crippen LogP contribution in [0.1, 0.15) is 58.1 Å². The van der Waals surface area contributed by atoms with Gasteiger partial charge in [0, 0.05) is 24.6 Å². The quantitative estimate of drug-likeness (QED) is 0.574. The minimum Gasteiger partial charge on any atom is -0.463 e. The van der Waals surface area contributed by atoms with Crippen molar-refractivity contribution in [1.82, 2.24) is 4.90 Å². The number of esters is 1. The van der Waals surface area contributed by atoms with Gasteiger partial charge >= 0.3 is 12.1 Å². The van der Waals surface area contributed by atoms with Crippen molar-refractivity contribution >= 4 is 17.6 Å². The molecule has 5 heteroatoms. The predicted octanol–water partition coefficient (Wildman–Crippen LogP) is 4.31. The van der Waals surface area contributed by atoms with Crippen LogP contribution in [0.15, 0.2) is 30.3 Å².